The third-order valence-electron chi connectivity index (χ3n) is 4.89. The van der Waals surface area contributed by atoms with E-state index < -0.39 is 12.0 Å². The predicted molar refractivity (Wildman–Crippen MR) is 96.1 cm³/mol. The summed E-state index contributed by atoms with van der Waals surface area (Å²) in [5, 5.41) is 9.27. The zero-order valence-electron chi connectivity index (χ0n) is 14.2. The average Bonchev–Trinajstić information content (AvgIpc) is 3.41. The van der Waals surface area contributed by atoms with Crippen LogP contribution in [0.15, 0.2) is 35.9 Å². The Labute approximate surface area is 151 Å². The number of hydrogen-bond donors (Lipinski definition) is 1. The van der Waals surface area contributed by atoms with Crippen LogP contribution in [0.4, 0.5) is 4.39 Å². The fourth-order valence-electron chi connectivity index (χ4n) is 3.49. The summed E-state index contributed by atoms with van der Waals surface area (Å²) >= 11 is 1.62. The summed E-state index contributed by atoms with van der Waals surface area (Å²) in [5.41, 5.74) is 1.19. The van der Waals surface area contributed by atoms with E-state index >= 15 is 0 Å². The number of ketones is 1. The van der Waals surface area contributed by atoms with E-state index in [1.807, 2.05) is 11.2 Å². The van der Waals surface area contributed by atoms with Crippen LogP contribution in [0.25, 0.3) is 0 Å². The number of carbonyl (C=O) groups is 2. The van der Waals surface area contributed by atoms with E-state index in [1.165, 1.54) is 12.1 Å². The number of carboxylic acid groups (broad SMARTS) is 1. The molecule has 1 aromatic carbocycles. The molecule has 2 aliphatic rings. The van der Waals surface area contributed by atoms with Gasteiger partial charge in [-0.05, 0) is 37.2 Å². The Bertz CT molecular complexity index is 702. The highest BCUT2D eigenvalue weighted by atomic mass is 32.2. The number of nitrogens with zero attached hydrogens (tertiary/aromatic N) is 1. The van der Waals surface area contributed by atoms with Crippen LogP contribution in [0.1, 0.15) is 30.9 Å². The molecule has 3 rings (SSSR count). The van der Waals surface area contributed by atoms with Crippen molar-refractivity contribution in [2.24, 2.45) is 5.92 Å². The smallest absolute Gasteiger partial charge is 0.328 e. The first-order valence-corrected chi connectivity index (χ1v) is 9.78. The van der Waals surface area contributed by atoms with E-state index in [0.29, 0.717) is 18.7 Å². The topological polar surface area (TPSA) is 57.6 Å². The van der Waals surface area contributed by atoms with Crippen molar-refractivity contribution in [2.75, 3.05) is 19.3 Å². The number of Topliss-reactive ketones (excluding diaryl/α,β-unsaturated/α-hetero) is 1. The fourth-order valence-corrected chi connectivity index (χ4v) is 4.27. The molecule has 1 saturated carbocycles. The minimum absolute atomic E-state index is 0.00906. The molecule has 0 radical (unpaired) electrons. The summed E-state index contributed by atoms with van der Waals surface area (Å²) in [6, 6.07) is 5.78. The second-order valence-electron chi connectivity index (χ2n) is 6.64. The van der Waals surface area contributed by atoms with Gasteiger partial charge in [-0.3, -0.25) is 9.69 Å². The number of piperidine rings is 1. The summed E-state index contributed by atoms with van der Waals surface area (Å²) in [6.07, 6.45) is 5.68. The largest absolute Gasteiger partial charge is 0.478 e. The first-order chi connectivity index (χ1) is 12.0. The normalized spacial score (nSPS) is 24.2. The van der Waals surface area contributed by atoms with Crippen LogP contribution in [-0.4, -0.2) is 46.4 Å². The summed E-state index contributed by atoms with van der Waals surface area (Å²) in [7, 11) is 0. The molecule has 2 atom stereocenters. The first-order valence-electron chi connectivity index (χ1n) is 8.49. The summed E-state index contributed by atoms with van der Waals surface area (Å²) in [4.78, 5) is 26.0. The van der Waals surface area contributed by atoms with Gasteiger partial charge in [0.1, 0.15) is 5.82 Å². The van der Waals surface area contributed by atoms with Crippen molar-refractivity contribution in [1.82, 2.24) is 4.90 Å². The fraction of sp³-hybridized carbons (Fsp3) is 0.474. The number of aliphatic carboxylic acids is 1. The lowest BCUT2D eigenvalue weighted by Gasteiger charge is -2.38. The van der Waals surface area contributed by atoms with Crippen LogP contribution >= 0.6 is 11.8 Å². The maximum absolute atomic E-state index is 14.4. The highest BCUT2D eigenvalue weighted by Crippen LogP contribution is 2.40. The van der Waals surface area contributed by atoms with Gasteiger partial charge in [-0.25, -0.2) is 9.18 Å². The molecule has 1 aromatic rings. The molecule has 0 amide bonds. The van der Waals surface area contributed by atoms with E-state index in [0.717, 1.165) is 24.8 Å². The van der Waals surface area contributed by atoms with Gasteiger partial charge in [-0.15, -0.1) is 0 Å². The molecule has 1 aliphatic carbocycles. The molecule has 1 heterocycles. The lowest BCUT2D eigenvalue weighted by atomic mass is 9.93. The Morgan fingerprint density at radius 3 is 2.64 bits per heavy atom. The third kappa shape index (κ3) is 4.12. The molecule has 4 nitrogen and oxygen atoms in total. The summed E-state index contributed by atoms with van der Waals surface area (Å²) < 4.78 is 14.4. The van der Waals surface area contributed by atoms with Gasteiger partial charge in [0.25, 0.3) is 0 Å². The Morgan fingerprint density at radius 1 is 1.32 bits per heavy atom. The van der Waals surface area contributed by atoms with E-state index in [-0.39, 0.29) is 22.8 Å². The number of rotatable bonds is 6. The van der Waals surface area contributed by atoms with Gasteiger partial charge in [0.2, 0.25) is 0 Å². The molecule has 1 aliphatic heterocycles. The monoisotopic (exact) mass is 363 g/mol. The Kier molecular flexibility index (Phi) is 5.59. The lowest BCUT2D eigenvalue weighted by Crippen LogP contribution is -2.43. The van der Waals surface area contributed by atoms with Crippen molar-refractivity contribution >= 4 is 23.5 Å². The minimum Gasteiger partial charge on any atom is -0.478 e. The van der Waals surface area contributed by atoms with E-state index in [4.69, 9.17) is 5.11 Å². The lowest BCUT2D eigenvalue weighted by molar-refractivity contribution is -0.131. The summed E-state index contributed by atoms with van der Waals surface area (Å²) in [5.74, 6) is -1.29. The highest BCUT2D eigenvalue weighted by Gasteiger charge is 2.41. The van der Waals surface area contributed by atoms with Crippen molar-refractivity contribution in [1.29, 1.82) is 0 Å². The zero-order chi connectivity index (χ0) is 18.0. The van der Waals surface area contributed by atoms with Gasteiger partial charge in [-0.1, -0.05) is 18.2 Å². The number of benzene rings is 1. The molecular weight excluding hydrogens is 341 g/mol. The van der Waals surface area contributed by atoms with Crippen LogP contribution < -0.4 is 0 Å². The van der Waals surface area contributed by atoms with E-state index in [1.54, 1.807) is 30.0 Å². The van der Waals surface area contributed by atoms with Crippen LogP contribution in [0.5, 0.6) is 0 Å². The molecule has 25 heavy (non-hydrogen) atoms. The van der Waals surface area contributed by atoms with Gasteiger partial charge in [-0.2, -0.15) is 11.8 Å². The highest BCUT2D eigenvalue weighted by molar-refractivity contribution is 7.99. The number of carbonyl (C=O) groups excluding carboxylic acids is 1. The molecule has 6 heteroatoms. The third-order valence-corrected chi connectivity index (χ3v) is 5.99. The molecule has 0 aromatic heterocycles. The first kappa shape index (κ1) is 18.1. The van der Waals surface area contributed by atoms with Crippen LogP contribution in [0.3, 0.4) is 0 Å². The van der Waals surface area contributed by atoms with Gasteiger partial charge in [0.05, 0.1) is 6.04 Å². The van der Waals surface area contributed by atoms with Crippen molar-refractivity contribution in [3.63, 3.8) is 0 Å². The van der Waals surface area contributed by atoms with Crippen molar-refractivity contribution < 1.29 is 19.1 Å². The van der Waals surface area contributed by atoms with Gasteiger partial charge >= 0.3 is 5.97 Å². The number of likely N-dealkylation sites (tertiary alicyclic amines) is 1. The van der Waals surface area contributed by atoms with Crippen LogP contribution in [0.2, 0.25) is 0 Å². The molecular formula is C19H22FNO3S. The Balaban J connectivity index is 1.92. The second-order valence-corrected chi connectivity index (χ2v) is 7.68. The van der Waals surface area contributed by atoms with Crippen molar-refractivity contribution in [2.45, 2.75) is 30.6 Å². The average molecular weight is 363 g/mol. The van der Waals surface area contributed by atoms with E-state index in [9.17, 15) is 14.0 Å². The molecule has 0 bridgehead atoms. The Morgan fingerprint density at radius 2 is 2.04 bits per heavy atom. The number of thioether (sulfide) groups is 1. The molecule has 1 N–H and O–H groups in total. The van der Waals surface area contributed by atoms with Gasteiger partial charge < -0.3 is 5.11 Å². The Hall–Kier alpha value is -1.66. The van der Waals surface area contributed by atoms with E-state index in [2.05, 4.69) is 0 Å². The van der Waals surface area contributed by atoms with Crippen LogP contribution in [0, 0.1) is 11.7 Å². The molecule has 1 saturated heterocycles. The maximum Gasteiger partial charge on any atom is 0.328 e. The molecule has 2 unspecified atom stereocenters. The number of halogens is 1. The second kappa shape index (κ2) is 7.70. The molecule has 0 spiro atoms. The zero-order valence-corrected chi connectivity index (χ0v) is 15.0. The summed E-state index contributed by atoms with van der Waals surface area (Å²) in [6.45, 7) is 1.04. The number of hydrogen-bond acceptors (Lipinski definition) is 4. The van der Waals surface area contributed by atoms with Gasteiger partial charge in [0, 0.05) is 35.9 Å². The number of carboxylic acids is 1. The maximum atomic E-state index is 14.4. The molecule has 134 valence electrons. The SMILES string of the molecule is CSC1CCN(C(C(=O)C2CC2)c2ccccc2F)C/C1=C/C(=O)O. The van der Waals surface area contributed by atoms with Gasteiger partial charge in [0.15, 0.2) is 5.78 Å². The standard InChI is InChI=1S/C19H22FNO3S/c1-25-16-8-9-21(11-13(16)10-17(22)23)18(19(24)12-6-7-12)14-4-2-3-5-15(14)20/h2-5,10,12,16,18H,6-9,11H2,1H3,(H,22,23)/b13-10-. The molecule has 2 fully saturated rings. The van der Waals surface area contributed by atoms with Crippen LogP contribution in [-0.2, 0) is 9.59 Å². The predicted octanol–water partition coefficient (Wildman–Crippen LogP) is 3.29. The van der Waals surface area contributed by atoms with Crippen molar-refractivity contribution in [3.8, 4) is 0 Å². The minimum atomic E-state index is -0.980. The van der Waals surface area contributed by atoms with Crippen molar-refractivity contribution in [3.05, 3.63) is 47.3 Å². The quantitative estimate of drug-likeness (QED) is 0.786.